The molecule has 0 radical (unpaired) electrons. The van der Waals surface area contributed by atoms with Gasteiger partial charge in [-0.3, -0.25) is 9.59 Å². The molecule has 0 bridgehead atoms. The Bertz CT molecular complexity index is 429. The van der Waals surface area contributed by atoms with E-state index in [2.05, 4.69) is 23.3 Å². The maximum atomic E-state index is 12.2. The van der Waals surface area contributed by atoms with Crippen molar-refractivity contribution in [1.29, 1.82) is 0 Å². The van der Waals surface area contributed by atoms with Crippen molar-refractivity contribution in [3.8, 4) is 0 Å². The standard InChI is InChI=1S/C13H22N2O6S/c1-13(2)7-20-11(18)12(19)21-9(13)10(17)15-4-3-8(16)14-5-6-22/h9,12,19,22H,3-7H2,1-2H3,(H,14,16)(H,15,17)/t9-,12?/m0/s1. The zero-order valence-electron chi connectivity index (χ0n) is 12.6. The van der Waals surface area contributed by atoms with E-state index in [0.717, 1.165) is 0 Å². The lowest BCUT2D eigenvalue weighted by molar-refractivity contribution is -0.186. The Labute approximate surface area is 134 Å². The molecule has 0 aliphatic carbocycles. The highest BCUT2D eigenvalue weighted by Crippen LogP contribution is 2.28. The van der Waals surface area contributed by atoms with E-state index in [-0.39, 0.29) is 25.5 Å². The van der Waals surface area contributed by atoms with Gasteiger partial charge in [-0.25, -0.2) is 4.79 Å². The summed E-state index contributed by atoms with van der Waals surface area (Å²) in [5.74, 6) is -1.10. The van der Waals surface area contributed by atoms with Gasteiger partial charge >= 0.3 is 5.97 Å². The number of rotatable bonds is 6. The summed E-state index contributed by atoms with van der Waals surface area (Å²) in [4.78, 5) is 34.8. The Morgan fingerprint density at radius 2 is 2.05 bits per heavy atom. The van der Waals surface area contributed by atoms with E-state index in [4.69, 9.17) is 9.47 Å². The van der Waals surface area contributed by atoms with Crippen LogP contribution < -0.4 is 10.6 Å². The van der Waals surface area contributed by atoms with Crippen LogP contribution >= 0.6 is 12.6 Å². The van der Waals surface area contributed by atoms with Crippen molar-refractivity contribution in [3.05, 3.63) is 0 Å². The van der Waals surface area contributed by atoms with Gasteiger partial charge in [0, 0.05) is 30.7 Å². The number of ether oxygens (including phenoxy) is 2. The number of aliphatic hydroxyl groups excluding tert-OH is 1. The van der Waals surface area contributed by atoms with Crippen LogP contribution in [0.3, 0.4) is 0 Å². The molecule has 1 aliphatic heterocycles. The number of carbonyl (C=O) groups is 3. The molecule has 0 aromatic rings. The summed E-state index contributed by atoms with van der Waals surface area (Å²) in [5, 5.41) is 14.7. The van der Waals surface area contributed by atoms with Crippen molar-refractivity contribution >= 4 is 30.4 Å². The van der Waals surface area contributed by atoms with Crippen LogP contribution in [0.2, 0.25) is 0 Å². The second-order valence-corrected chi connectivity index (χ2v) is 6.03. The van der Waals surface area contributed by atoms with E-state index in [0.29, 0.717) is 12.3 Å². The molecule has 1 saturated heterocycles. The van der Waals surface area contributed by atoms with Crippen LogP contribution in [0.25, 0.3) is 0 Å². The summed E-state index contributed by atoms with van der Waals surface area (Å²) >= 11 is 3.97. The smallest absolute Gasteiger partial charge is 0.363 e. The van der Waals surface area contributed by atoms with E-state index < -0.39 is 29.7 Å². The molecular formula is C13H22N2O6S. The molecule has 1 aliphatic rings. The zero-order valence-corrected chi connectivity index (χ0v) is 13.5. The Morgan fingerprint density at radius 3 is 2.68 bits per heavy atom. The summed E-state index contributed by atoms with van der Waals surface area (Å²) in [5.41, 5.74) is -0.800. The molecule has 0 aromatic carbocycles. The van der Waals surface area contributed by atoms with E-state index in [1.54, 1.807) is 13.8 Å². The Morgan fingerprint density at radius 1 is 1.36 bits per heavy atom. The summed E-state index contributed by atoms with van der Waals surface area (Å²) < 4.78 is 9.91. The lowest BCUT2D eigenvalue weighted by atomic mass is 9.87. The van der Waals surface area contributed by atoms with Gasteiger partial charge in [-0.2, -0.15) is 12.6 Å². The largest absolute Gasteiger partial charge is 0.461 e. The summed E-state index contributed by atoms with van der Waals surface area (Å²) in [6.45, 7) is 3.89. The van der Waals surface area contributed by atoms with Gasteiger partial charge in [0.15, 0.2) is 0 Å². The van der Waals surface area contributed by atoms with E-state index in [9.17, 15) is 19.5 Å². The fraction of sp³-hybridized carbons (Fsp3) is 0.769. The quantitative estimate of drug-likeness (QED) is 0.359. The average molecular weight is 334 g/mol. The van der Waals surface area contributed by atoms with E-state index in [1.165, 1.54) is 0 Å². The van der Waals surface area contributed by atoms with Crippen LogP contribution in [-0.4, -0.2) is 60.7 Å². The van der Waals surface area contributed by atoms with Gasteiger partial charge in [-0.1, -0.05) is 13.8 Å². The van der Waals surface area contributed by atoms with E-state index in [1.807, 2.05) is 0 Å². The first-order valence-electron chi connectivity index (χ1n) is 6.93. The number of amides is 2. The number of esters is 1. The molecule has 2 amide bonds. The predicted octanol–water partition coefficient (Wildman–Crippen LogP) is -1.17. The first kappa shape index (κ1) is 18.7. The lowest BCUT2D eigenvalue weighted by Gasteiger charge is -2.29. The molecule has 1 unspecified atom stereocenters. The number of aliphatic hydroxyl groups is 1. The number of thiol groups is 1. The topological polar surface area (TPSA) is 114 Å². The highest BCUT2D eigenvalue weighted by atomic mass is 32.1. The van der Waals surface area contributed by atoms with Gasteiger partial charge in [0.2, 0.25) is 11.8 Å². The van der Waals surface area contributed by atoms with Gasteiger partial charge < -0.3 is 25.2 Å². The number of hydrogen-bond donors (Lipinski definition) is 4. The second-order valence-electron chi connectivity index (χ2n) is 5.58. The fourth-order valence-corrected chi connectivity index (χ4v) is 1.98. The van der Waals surface area contributed by atoms with Crippen molar-refractivity contribution in [2.75, 3.05) is 25.4 Å². The fourth-order valence-electron chi connectivity index (χ4n) is 1.87. The number of carbonyl (C=O) groups excluding carboxylic acids is 3. The maximum absolute atomic E-state index is 12.2. The third-order valence-corrected chi connectivity index (χ3v) is 3.31. The molecular weight excluding hydrogens is 312 g/mol. The molecule has 1 fully saturated rings. The molecule has 9 heteroatoms. The maximum Gasteiger partial charge on any atom is 0.363 e. The normalized spacial score (nSPS) is 24.1. The van der Waals surface area contributed by atoms with Crippen LogP contribution in [0.5, 0.6) is 0 Å². The SMILES string of the molecule is CC1(C)COC(=O)C(O)O[C@H]1C(=O)NCCC(=O)NCCS. The first-order chi connectivity index (χ1) is 10.3. The molecule has 126 valence electrons. The van der Waals surface area contributed by atoms with Crippen LogP contribution in [0.15, 0.2) is 0 Å². The molecule has 0 saturated carbocycles. The van der Waals surface area contributed by atoms with Crippen LogP contribution in [0.1, 0.15) is 20.3 Å². The van der Waals surface area contributed by atoms with Gasteiger partial charge in [0.1, 0.15) is 6.10 Å². The summed E-state index contributed by atoms with van der Waals surface area (Å²) in [6.07, 6.45) is -2.74. The average Bonchev–Trinajstić information content (AvgIpc) is 2.56. The monoisotopic (exact) mass is 334 g/mol. The molecule has 1 rings (SSSR count). The molecule has 8 nitrogen and oxygen atoms in total. The molecule has 3 N–H and O–H groups in total. The number of nitrogens with one attached hydrogen (secondary N) is 2. The third-order valence-electron chi connectivity index (χ3n) is 3.09. The van der Waals surface area contributed by atoms with Crippen LogP contribution in [0, 0.1) is 5.41 Å². The predicted molar refractivity (Wildman–Crippen MR) is 80.1 cm³/mol. The lowest BCUT2D eigenvalue weighted by Crippen LogP contribution is -2.48. The van der Waals surface area contributed by atoms with Gasteiger partial charge in [0.05, 0.1) is 6.61 Å². The number of cyclic esters (lactones) is 1. The van der Waals surface area contributed by atoms with Crippen LogP contribution in [-0.2, 0) is 23.9 Å². The Hall–Kier alpha value is -1.32. The van der Waals surface area contributed by atoms with Crippen molar-refractivity contribution < 1.29 is 29.0 Å². The third kappa shape index (κ3) is 5.47. The highest BCUT2D eigenvalue weighted by molar-refractivity contribution is 7.80. The van der Waals surface area contributed by atoms with Gasteiger partial charge in [-0.15, -0.1) is 0 Å². The van der Waals surface area contributed by atoms with E-state index >= 15 is 0 Å². The zero-order chi connectivity index (χ0) is 16.8. The molecule has 22 heavy (non-hydrogen) atoms. The Balaban J connectivity index is 2.51. The molecule has 0 aromatic heterocycles. The van der Waals surface area contributed by atoms with Gasteiger partial charge in [0.25, 0.3) is 6.29 Å². The van der Waals surface area contributed by atoms with Gasteiger partial charge in [-0.05, 0) is 0 Å². The molecule has 1 heterocycles. The minimum atomic E-state index is -1.80. The highest BCUT2D eigenvalue weighted by Gasteiger charge is 2.43. The number of hydrogen-bond acceptors (Lipinski definition) is 7. The minimum absolute atomic E-state index is 0.0522. The first-order valence-corrected chi connectivity index (χ1v) is 7.56. The van der Waals surface area contributed by atoms with Crippen molar-refractivity contribution in [2.45, 2.75) is 32.7 Å². The van der Waals surface area contributed by atoms with Crippen molar-refractivity contribution in [2.24, 2.45) is 5.41 Å². The Kier molecular flexibility index (Phi) is 7.11. The molecule has 2 atom stereocenters. The van der Waals surface area contributed by atoms with Crippen molar-refractivity contribution in [3.63, 3.8) is 0 Å². The second kappa shape index (κ2) is 8.35. The minimum Gasteiger partial charge on any atom is -0.461 e. The summed E-state index contributed by atoms with van der Waals surface area (Å²) in [6, 6.07) is 0. The van der Waals surface area contributed by atoms with Crippen molar-refractivity contribution in [1.82, 2.24) is 10.6 Å². The van der Waals surface area contributed by atoms with Crippen LogP contribution in [0.4, 0.5) is 0 Å². The molecule has 0 spiro atoms. The summed E-state index contributed by atoms with van der Waals surface area (Å²) in [7, 11) is 0.